The summed E-state index contributed by atoms with van der Waals surface area (Å²) in [6.07, 6.45) is 0.163. The molecule has 1 saturated heterocycles. The summed E-state index contributed by atoms with van der Waals surface area (Å²) in [6.45, 7) is 8.22. The van der Waals surface area contributed by atoms with Gasteiger partial charge in [0.25, 0.3) is 0 Å². The number of carboxylic acid groups (broad SMARTS) is 1. The zero-order valence-corrected chi connectivity index (χ0v) is 12.7. The average molecular weight is 286 g/mol. The number of nitrogens with zero attached hydrogens (tertiary/aromatic N) is 1. The Hall–Kier alpha value is -1.14. The van der Waals surface area contributed by atoms with Crippen molar-refractivity contribution >= 4 is 11.9 Å². The third-order valence-electron chi connectivity index (χ3n) is 3.62. The molecule has 0 aromatic carbocycles. The molecule has 1 rings (SSSR count). The lowest BCUT2D eigenvalue weighted by Crippen LogP contribution is -2.55. The molecule has 1 aliphatic heterocycles. The van der Waals surface area contributed by atoms with E-state index in [4.69, 9.17) is 5.11 Å². The van der Waals surface area contributed by atoms with Gasteiger partial charge >= 0.3 is 5.97 Å². The number of aliphatic hydroxyl groups excluding tert-OH is 1. The summed E-state index contributed by atoms with van der Waals surface area (Å²) < 4.78 is 0. The van der Waals surface area contributed by atoms with Gasteiger partial charge in [-0.15, -0.1) is 0 Å². The first-order chi connectivity index (χ1) is 9.09. The maximum atomic E-state index is 12.0. The number of nitrogens with one attached hydrogen (secondary N) is 1. The van der Waals surface area contributed by atoms with Crippen LogP contribution in [0.15, 0.2) is 0 Å². The quantitative estimate of drug-likeness (QED) is 0.692. The average Bonchev–Trinajstić information content (AvgIpc) is 2.26. The molecule has 1 amide bonds. The fourth-order valence-corrected chi connectivity index (χ4v) is 2.41. The van der Waals surface area contributed by atoms with E-state index in [1.807, 2.05) is 20.8 Å². The molecule has 0 aliphatic carbocycles. The van der Waals surface area contributed by atoms with Crippen molar-refractivity contribution in [3.63, 3.8) is 0 Å². The van der Waals surface area contributed by atoms with E-state index in [-0.39, 0.29) is 24.4 Å². The standard InChI is InChI=1S/C14H26N2O4/c1-9(17)10-5-11(15-13(20)14(2,3)4)7-16(6-10)8-12(18)19/h9-11,17H,5-8H2,1-4H3,(H,15,20)(H,18,19). The van der Waals surface area contributed by atoms with E-state index in [2.05, 4.69) is 5.32 Å². The molecule has 1 aliphatic rings. The van der Waals surface area contributed by atoms with Crippen LogP contribution in [-0.2, 0) is 9.59 Å². The van der Waals surface area contributed by atoms with Crippen molar-refractivity contribution < 1.29 is 19.8 Å². The zero-order valence-electron chi connectivity index (χ0n) is 12.7. The van der Waals surface area contributed by atoms with Gasteiger partial charge in [0.1, 0.15) is 0 Å². The Morgan fingerprint density at radius 3 is 2.40 bits per heavy atom. The van der Waals surface area contributed by atoms with E-state index in [0.717, 1.165) is 0 Å². The van der Waals surface area contributed by atoms with Gasteiger partial charge in [0.05, 0.1) is 12.6 Å². The van der Waals surface area contributed by atoms with Crippen molar-refractivity contribution in [1.82, 2.24) is 10.2 Å². The Balaban J connectivity index is 2.69. The van der Waals surface area contributed by atoms with Crippen LogP contribution in [0.3, 0.4) is 0 Å². The molecule has 0 radical (unpaired) electrons. The molecule has 0 aromatic rings. The Bertz CT molecular complexity index is 363. The highest BCUT2D eigenvalue weighted by Gasteiger charge is 2.33. The molecule has 1 fully saturated rings. The lowest BCUT2D eigenvalue weighted by Gasteiger charge is -2.39. The van der Waals surface area contributed by atoms with Gasteiger partial charge in [-0.05, 0) is 19.3 Å². The van der Waals surface area contributed by atoms with Crippen molar-refractivity contribution in [2.45, 2.75) is 46.3 Å². The summed E-state index contributed by atoms with van der Waals surface area (Å²) in [4.78, 5) is 24.6. The molecular weight excluding hydrogens is 260 g/mol. The van der Waals surface area contributed by atoms with Gasteiger partial charge in [-0.2, -0.15) is 0 Å². The third kappa shape index (κ3) is 5.09. The van der Waals surface area contributed by atoms with Crippen molar-refractivity contribution in [2.24, 2.45) is 11.3 Å². The minimum Gasteiger partial charge on any atom is -0.480 e. The number of aliphatic carboxylic acids is 1. The Morgan fingerprint density at radius 2 is 1.95 bits per heavy atom. The second-order valence-electron chi connectivity index (χ2n) is 6.74. The lowest BCUT2D eigenvalue weighted by atomic mass is 9.88. The summed E-state index contributed by atoms with van der Waals surface area (Å²) in [5, 5.41) is 21.6. The van der Waals surface area contributed by atoms with E-state index in [0.29, 0.717) is 19.5 Å². The van der Waals surface area contributed by atoms with E-state index < -0.39 is 17.5 Å². The Morgan fingerprint density at radius 1 is 1.35 bits per heavy atom. The first-order valence-corrected chi connectivity index (χ1v) is 7.02. The van der Waals surface area contributed by atoms with E-state index in [1.54, 1.807) is 11.8 Å². The summed E-state index contributed by atoms with van der Waals surface area (Å²) in [5.74, 6) is -0.963. The number of hydrogen-bond donors (Lipinski definition) is 3. The van der Waals surface area contributed by atoms with Crippen LogP contribution in [0, 0.1) is 11.3 Å². The molecule has 116 valence electrons. The second-order valence-corrected chi connectivity index (χ2v) is 6.74. The second kappa shape index (κ2) is 6.54. The first-order valence-electron chi connectivity index (χ1n) is 7.02. The fraction of sp³-hybridized carbons (Fsp3) is 0.857. The number of carboxylic acids is 1. The maximum Gasteiger partial charge on any atom is 0.317 e. The van der Waals surface area contributed by atoms with Gasteiger partial charge in [-0.25, -0.2) is 0 Å². The number of carbonyl (C=O) groups is 2. The number of piperidine rings is 1. The van der Waals surface area contributed by atoms with Crippen LogP contribution in [0.25, 0.3) is 0 Å². The number of hydrogen-bond acceptors (Lipinski definition) is 4. The predicted molar refractivity (Wildman–Crippen MR) is 75.2 cm³/mol. The molecule has 3 atom stereocenters. The number of likely N-dealkylation sites (tertiary alicyclic amines) is 1. The monoisotopic (exact) mass is 286 g/mol. The topological polar surface area (TPSA) is 89.9 Å². The molecule has 3 N–H and O–H groups in total. The minimum atomic E-state index is -0.892. The van der Waals surface area contributed by atoms with Crippen LogP contribution in [0.5, 0.6) is 0 Å². The van der Waals surface area contributed by atoms with Crippen molar-refractivity contribution in [2.75, 3.05) is 19.6 Å². The molecular formula is C14H26N2O4. The molecule has 0 spiro atoms. The molecule has 1 heterocycles. The number of carbonyl (C=O) groups excluding carboxylic acids is 1. The zero-order chi connectivity index (χ0) is 15.5. The summed E-state index contributed by atoms with van der Waals surface area (Å²) in [5.41, 5.74) is -0.477. The molecule has 20 heavy (non-hydrogen) atoms. The fourth-order valence-electron chi connectivity index (χ4n) is 2.41. The van der Waals surface area contributed by atoms with Crippen LogP contribution >= 0.6 is 0 Å². The summed E-state index contributed by atoms with van der Waals surface area (Å²) >= 11 is 0. The Kier molecular flexibility index (Phi) is 5.53. The number of amides is 1. The van der Waals surface area contributed by atoms with Gasteiger partial charge in [-0.3, -0.25) is 14.5 Å². The van der Waals surface area contributed by atoms with E-state index in [1.165, 1.54) is 0 Å². The van der Waals surface area contributed by atoms with Gasteiger partial charge < -0.3 is 15.5 Å². The molecule has 0 bridgehead atoms. The lowest BCUT2D eigenvalue weighted by molar-refractivity contribution is -0.139. The van der Waals surface area contributed by atoms with Gasteiger partial charge in [-0.1, -0.05) is 20.8 Å². The van der Waals surface area contributed by atoms with E-state index in [9.17, 15) is 14.7 Å². The number of aliphatic hydroxyl groups is 1. The van der Waals surface area contributed by atoms with Gasteiger partial charge in [0, 0.05) is 24.5 Å². The first kappa shape index (κ1) is 16.9. The highest BCUT2D eigenvalue weighted by atomic mass is 16.4. The highest BCUT2D eigenvalue weighted by molar-refractivity contribution is 5.81. The van der Waals surface area contributed by atoms with Crippen LogP contribution in [0.1, 0.15) is 34.1 Å². The van der Waals surface area contributed by atoms with Crippen molar-refractivity contribution in [3.05, 3.63) is 0 Å². The molecule has 6 heteroatoms. The van der Waals surface area contributed by atoms with Gasteiger partial charge in [0.15, 0.2) is 0 Å². The molecule has 0 saturated carbocycles. The van der Waals surface area contributed by atoms with Crippen LogP contribution in [0.4, 0.5) is 0 Å². The summed E-state index contributed by atoms with van der Waals surface area (Å²) in [6, 6.07) is -0.116. The highest BCUT2D eigenvalue weighted by Crippen LogP contribution is 2.21. The van der Waals surface area contributed by atoms with Crippen LogP contribution in [0.2, 0.25) is 0 Å². The molecule has 6 nitrogen and oxygen atoms in total. The van der Waals surface area contributed by atoms with Crippen molar-refractivity contribution in [1.29, 1.82) is 0 Å². The molecule has 3 unspecified atom stereocenters. The third-order valence-corrected chi connectivity index (χ3v) is 3.62. The normalized spacial score (nSPS) is 26.1. The van der Waals surface area contributed by atoms with Gasteiger partial charge in [0.2, 0.25) is 5.91 Å². The van der Waals surface area contributed by atoms with E-state index >= 15 is 0 Å². The summed E-state index contributed by atoms with van der Waals surface area (Å²) in [7, 11) is 0. The predicted octanol–water partition coefficient (Wildman–Crippen LogP) is 0.305. The minimum absolute atomic E-state index is 0.0200. The molecule has 0 aromatic heterocycles. The van der Waals surface area contributed by atoms with Crippen LogP contribution in [-0.4, -0.2) is 58.8 Å². The Labute approximate surface area is 120 Å². The number of rotatable bonds is 4. The maximum absolute atomic E-state index is 12.0. The van der Waals surface area contributed by atoms with Crippen LogP contribution < -0.4 is 5.32 Å². The smallest absolute Gasteiger partial charge is 0.317 e. The van der Waals surface area contributed by atoms with Crippen molar-refractivity contribution in [3.8, 4) is 0 Å². The largest absolute Gasteiger partial charge is 0.480 e. The SMILES string of the molecule is CC(O)C1CC(NC(=O)C(C)(C)C)CN(CC(=O)O)C1.